The van der Waals surface area contributed by atoms with Crippen LogP contribution < -0.4 is 4.90 Å². The van der Waals surface area contributed by atoms with Gasteiger partial charge < -0.3 is 14.7 Å². The zero-order chi connectivity index (χ0) is 24.4. The summed E-state index contributed by atoms with van der Waals surface area (Å²) in [6, 6.07) is 9.14. The minimum Gasteiger partial charge on any atom is -0.336 e. The number of para-hydroxylation sites is 1. The van der Waals surface area contributed by atoms with E-state index in [0.717, 1.165) is 69.4 Å². The van der Waals surface area contributed by atoms with Crippen molar-refractivity contribution in [2.24, 2.45) is 5.92 Å². The van der Waals surface area contributed by atoms with Crippen LogP contribution in [-0.2, 0) is 16.1 Å². The van der Waals surface area contributed by atoms with Crippen molar-refractivity contribution < 1.29 is 9.59 Å². The Morgan fingerprint density at radius 1 is 0.914 bits per heavy atom. The highest BCUT2D eigenvalue weighted by atomic mass is 16.2. The third kappa shape index (κ3) is 6.07. The molecule has 2 amide bonds. The lowest BCUT2D eigenvalue weighted by Gasteiger charge is -2.44. The summed E-state index contributed by atoms with van der Waals surface area (Å²) in [7, 11) is 2.15. The van der Waals surface area contributed by atoms with Crippen LogP contribution in [0.2, 0.25) is 0 Å². The maximum atomic E-state index is 13.8. The minimum atomic E-state index is 0.0908. The van der Waals surface area contributed by atoms with Crippen molar-refractivity contribution >= 4 is 17.5 Å². The van der Waals surface area contributed by atoms with Gasteiger partial charge in [-0.3, -0.25) is 19.4 Å². The Labute approximate surface area is 211 Å². The van der Waals surface area contributed by atoms with Gasteiger partial charge in [-0.05, 0) is 56.7 Å². The fourth-order valence-corrected chi connectivity index (χ4v) is 6.27. The Morgan fingerprint density at radius 3 is 2.40 bits per heavy atom. The van der Waals surface area contributed by atoms with Gasteiger partial charge >= 0.3 is 0 Å². The van der Waals surface area contributed by atoms with Gasteiger partial charge in [0.25, 0.3) is 0 Å². The maximum absolute atomic E-state index is 13.8. The SMILES string of the molecule is CC(=O)N1CCC2CCCC(CN(C(=O)CN3CCN(C)CC3)Cc3ccccc31)N2CC1CC1. The fraction of sp³-hybridized carbons (Fsp3) is 0.714. The fourth-order valence-electron chi connectivity index (χ4n) is 6.27. The minimum absolute atomic E-state index is 0.0908. The standard InChI is InChI=1S/C28H43N5O2/c1-22(34)32-13-12-25-7-5-8-26(33(25)18-23-10-11-23)20-31(19-24-6-3-4-9-27(24)32)28(35)21-30-16-14-29(2)15-17-30/h3-4,6,9,23,25-26H,5,7-8,10-21H2,1-2H3. The van der Waals surface area contributed by atoms with Crippen LogP contribution in [0.5, 0.6) is 0 Å². The number of anilines is 1. The normalized spacial score (nSPS) is 27.3. The molecule has 5 rings (SSSR count). The molecule has 2 atom stereocenters. The number of carbonyl (C=O) groups excluding carboxylic acids is 2. The van der Waals surface area contributed by atoms with E-state index in [1.54, 1.807) is 6.92 Å². The van der Waals surface area contributed by atoms with Gasteiger partial charge in [0.05, 0.1) is 6.54 Å². The maximum Gasteiger partial charge on any atom is 0.237 e. The van der Waals surface area contributed by atoms with E-state index < -0.39 is 0 Å². The second-order valence-corrected chi connectivity index (χ2v) is 11.3. The molecule has 3 aliphatic heterocycles. The molecule has 1 aliphatic carbocycles. The van der Waals surface area contributed by atoms with E-state index >= 15 is 0 Å². The zero-order valence-corrected chi connectivity index (χ0v) is 21.7. The molecular formula is C28H43N5O2. The molecule has 0 aromatic heterocycles. The average Bonchev–Trinajstić information content (AvgIpc) is 3.66. The molecule has 2 bridgehead atoms. The van der Waals surface area contributed by atoms with Crippen LogP contribution in [0.25, 0.3) is 0 Å². The van der Waals surface area contributed by atoms with Gasteiger partial charge in [0, 0.05) is 77.1 Å². The highest BCUT2D eigenvalue weighted by molar-refractivity contribution is 5.92. The van der Waals surface area contributed by atoms with Gasteiger partial charge in [-0.2, -0.15) is 0 Å². The number of benzene rings is 1. The predicted molar refractivity (Wildman–Crippen MR) is 139 cm³/mol. The number of hydrogen-bond donors (Lipinski definition) is 0. The number of piperidine rings is 1. The summed E-state index contributed by atoms with van der Waals surface area (Å²) in [6.45, 7) is 9.38. The number of piperazine rings is 1. The molecule has 7 nitrogen and oxygen atoms in total. The third-order valence-corrected chi connectivity index (χ3v) is 8.63. The smallest absolute Gasteiger partial charge is 0.237 e. The van der Waals surface area contributed by atoms with Crippen molar-refractivity contribution in [3.8, 4) is 0 Å². The topological polar surface area (TPSA) is 50.3 Å². The second kappa shape index (κ2) is 11.0. The first-order chi connectivity index (χ1) is 17.0. The van der Waals surface area contributed by atoms with Gasteiger partial charge in [0.2, 0.25) is 11.8 Å². The first-order valence-electron chi connectivity index (χ1n) is 13.8. The molecule has 0 spiro atoms. The summed E-state index contributed by atoms with van der Waals surface area (Å²) in [5, 5.41) is 0. The van der Waals surface area contributed by atoms with Gasteiger partial charge in [-0.15, -0.1) is 0 Å². The average molecular weight is 482 g/mol. The Morgan fingerprint density at radius 2 is 1.66 bits per heavy atom. The van der Waals surface area contributed by atoms with Crippen molar-refractivity contribution in [1.82, 2.24) is 19.6 Å². The van der Waals surface area contributed by atoms with Crippen LogP contribution in [0.1, 0.15) is 51.0 Å². The van der Waals surface area contributed by atoms with Crippen molar-refractivity contribution in [3.05, 3.63) is 29.8 Å². The zero-order valence-electron chi connectivity index (χ0n) is 21.7. The third-order valence-electron chi connectivity index (χ3n) is 8.63. The molecule has 1 aromatic rings. The van der Waals surface area contributed by atoms with Crippen LogP contribution in [0.4, 0.5) is 5.69 Å². The summed E-state index contributed by atoms with van der Waals surface area (Å²) in [6.07, 6.45) is 7.27. The lowest BCUT2D eigenvalue weighted by Crippen LogP contribution is -2.54. The summed E-state index contributed by atoms with van der Waals surface area (Å²) in [5.74, 6) is 1.14. The molecule has 1 aromatic carbocycles. The van der Waals surface area contributed by atoms with Crippen molar-refractivity contribution in [2.45, 2.75) is 64.1 Å². The largest absolute Gasteiger partial charge is 0.336 e. The molecule has 192 valence electrons. The molecule has 4 aliphatic rings. The monoisotopic (exact) mass is 481 g/mol. The van der Waals surface area contributed by atoms with Gasteiger partial charge in [0.15, 0.2) is 0 Å². The number of hydrogen-bond acceptors (Lipinski definition) is 5. The molecular weight excluding hydrogens is 438 g/mol. The lowest BCUT2D eigenvalue weighted by molar-refractivity contribution is -0.135. The van der Waals surface area contributed by atoms with E-state index in [1.807, 2.05) is 17.0 Å². The summed E-state index contributed by atoms with van der Waals surface area (Å²) >= 11 is 0. The second-order valence-electron chi connectivity index (χ2n) is 11.3. The highest BCUT2D eigenvalue weighted by Gasteiger charge is 2.37. The Kier molecular flexibility index (Phi) is 7.75. The molecule has 35 heavy (non-hydrogen) atoms. The molecule has 7 heteroatoms. The van der Waals surface area contributed by atoms with Crippen LogP contribution in [0, 0.1) is 5.92 Å². The molecule has 0 N–H and O–H groups in total. The Balaban J connectivity index is 1.44. The van der Waals surface area contributed by atoms with E-state index in [-0.39, 0.29) is 11.8 Å². The molecule has 3 fully saturated rings. The van der Waals surface area contributed by atoms with Gasteiger partial charge in [-0.25, -0.2) is 0 Å². The van der Waals surface area contributed by atoms with E-state index in [0.29, 0.717) is 25.2 Å². The summed E-state index contributed by atoms with van der Waals surface area (Å²) in [4.78, 5) is 38.0. The molecule has 2 saturated heterocycles. The number of carbonyl (C=O) groups is 2. The summed E-state index contributed by atoms with van der Waals surface area (Å²) in [5.41, 5.74) is 2.06. The molecule has 0 radical (unpaired) electrons. The van der Waals surface area contributed by atoms with Crippen LogP contribution >= 0.6 is 0 Å². The molecule has 3 heterocycles. The summed E-state index contributed by atoms with van der Waals surface area (Å²) < 4.78 is 0. The van der Waals surface area contributed by atoms with Crippen LogP contribution in [0.3, 0.4) is 0 Å². The van der Waals surface area contributed by atoms with Gasteiger partial charge in [0.1, 0.15) is 0 Å². The number of rotatable bonds is 4. The highest BCUT2D eigenvalue weighted by Crippen LogP contribution is 2.36. The predicted octanol–water partition coefficient (Wildman–Crippen LogP) is 2.65. The molecule has 2 unspecified atom stereocenters. The number of amides is 2. The van der Waals surface area contributed by atoms with Crippen molar-refractivity contribution in [3.63, 3.8) is 0 Å². The van der Waals surface area contributed by atoms with E-state index in [9.17, 15) is 9.59 Å². The Hall–Kier alpha value is -1.96. The Bertz CT molecular complexity index is 895. The number of fused-ring (bicyclic) bond motifs is 3. The lowest BCUT2D eigenvalue weighted by atomic mass is 9.92. The quantitative estimate of drug-likeness (QED) is 0.662. The molecule has 1 saturated carbocycles. The first-order valence-corrected chi connectivity index (χ1v) is 13.8. The van der Waals surface area contributed by atoms with Crippen LogP contribution in [0.15, 0.2) is 24.3 Å². The first kappa shape index (κ1) is 24.7. The van der Waals surface area contributed by atoms with Crippen LogP contribution in [-0.4, -0.2) is 103 Å². The van der Waals surface area contributed by atoms with E-state index in [1.165, 1.54) is 32.1 Å². The van der Waals surface area contributed by atoms with Gasteiger partial charge in [-0.1, -0.05) is 24.6 Å². The number of nitrogens with zero attached hydrogens (tertiary/aromatic N) is 5. The number of likely N-dealkylation sites (N-methyl/N-ethyl adjacent to an activating group) is 1. The van der Waals surface area contributed by atoms with Crippen molar-refractivity contribution in [1.29, 1.82) is 0 Å². The van der Waals surface area contributed by atoms with Crippen molar-refractivity contribution in [2.75, 3.05) is 64.3 Å². The van der Waals surface area contributed by atoms with E-state index in [2.05, 4.69) is 38.8 Å². The van der Waals surface area contributed by atoms with E-state index in [4.69, 9.17) is 0 Å².